The summed E-state index contributed by atoms with van der Waals surface area (Å²) in [7, 11) is 0. The fraction of sp³-hybridized carbons (Fsp3) is 0.0952. The lowest BCUT2D eigenvalue weighted by Gasteiger charge is -2.13. The third-order valence-electron chi connectivity index (χ3n) is 4.49. The van der Waals surface area contributed by atoms with Crippen molar-refractivity contribution < 1.29 is 18.3 Å². The van der Waals surface area contributed by atoms with E-state index in [-0.39, 0.29) is 11.4 Å². The van der Waals surface area contributed by atoms with Gasteiger partial charge in [0.15, 0.2) is 0 Å². The molecular weight excluding hydrogens is 353 g/mol. The van der Waals surface area contributed by atoms with Crippen molar-refractivity contribution in [3.8, 4) is 22.7 Å². The molecule has 0 unspecified atom stereocenters. The van der Waals surface area contributed by atoms with Gasteiger partial charge in [0.1, 0.15) is 5.75 Å². The number of halogens is 3. The minimum atomic E-state index is -4.49. The molecule has 1 heterocycles. The molecule has 4 aromatic rings. The molecule has 0 radical (unpaired) electrons. The second-order valence-electron chi connectivity index (χ2n) is 6.28. The van der Waals surface area contributed by atoms with E-state index in [0.717, 1.165) is 16.8 Å². The Morgan fingerprint density at radius 1 is 0.926 bits per heavy atom. The van der Waals surface area contributed by atoms with Crippen LogP contribution in [0.5, 0.6) is 5.75 Å². The van der Waals surface area contributed by atoms with Gasteiger partial charge in [-0.15, -0.1) is 0 Å². The fourth-order valence-corrected chi connectivity index (χ4v) is 3.27. The van der Waals surface area contributed by atoms with E-state index in [1.165, 1.54) is 16.8 Å². The summed E-state index contributed by atoms with van der Waals surface area (Å²) in [6.07, 6.45) is -4.49. The van der Waals surface area contributed by atoms with E-state index < -0.39 is 11.7 Å². The third-order valence-corrected chi connectivity index (χ3v) is 4.49. The molecule has 1 aromatic heterocycles. The van der Waals surface area contributed by atoms with Gasteiger partial charge >= 0.3 is 6.18 Å². The number of alkyl halides is 3. The first-order valence-electron chi connectivity index (χ1n) is 8.30. The molecule has 0 fully saturated rings. The van der Waals surface area contributed by atoms with Crippen LogP contribution in [0.1, 0.15) is 11.3 Å². The molecule has 0 atom stereocenters. The highest BCUT2D eigenvalue weighted by Crippen LogP contribution is 2.38. The number of fused-ring (bicyclic) bond motifs is 1. The van der Waals surface area contributed by atoms with E-state index in [1.807, 2.05) is 24.3 Å². The zero-order valence-corrected chi connectivity index (χ0v) is 14.3. The van der Waals surface area contributed by atoms with Crippen LogP contribution in [0.4, 0.5) is 13.2 Å². The Kier molecular flexibility index (Phi) is 3.91. The zero-order chi connectivity index (χ0) is 19.2. The lowest BCUT2D eigenvalue weighted by atomic mass is 10.0. The Balaban J connectivity index is 1.94. The molecule has 0 aliphatic heterocycles. The van der Waals surface area contributed by atoms with E-state index in [4.69, 9.17) is 0 Å². The van der Waals surface area contributed by atoms with Gasteiger partial charge < -0.3 is 5.11 Å². The van der Waals surface area contributed by atoms with Gasteiger partial charge in [-0.05, 0) is 42.0 Å². The molecule has 1 N–H and O–H groups in total. The van der Waals surface area contributed by atoms with Gasteiger partial charge in [-0.3, -0.25) is 0 Å². The lowest BCUT2D eigenvalue weighted by Crippen LogP contribution is -2.12. The number of benzene rings is 3. The third kappa shape index (κ3) is 2.93. The van der Waals surface area contributed by atoms with Crippen LogP contribution in [0.2, 0.25) is 0 Å². The average Bonchev–Trinajstić information content (AvgIpc) is 3.02. The summed E-state index contributed by atoms with van der Waals surface area (Å²) < 4.78 is 41.4. The van der Waals surface area contributed by atoms with E-state index >= 15 is 0 Å². The topological polar surface area (TPSA) is 38.1 Å². The summed E-state index contributed by atoms with van der Waals surface area (Å²) in [5.41, 5.74) is 0.644. The SMILES string of the molecule is Cc1cc(-c2c(O)ccc3ccccc23)nn1-c1ccccc1C(F)(F)F. The summed E-state index contributed by atoms with van der Waals surface area (Å²) >= 11 is 0. The second kappa shape index (κ2) is 6.16. The predicted octanol–water partition coefficient (Wildman–Crippen LogP) is 5.73. The largest absolute Gasteiger partial charge is 0.507 e. The quantitative estimate of drug-likeness (QED) is 0.491. The van der Waals surface area contributed by atoms with Crippen molar-refractivity contribution in [1.29, 1.82) is 0 Å². The minimum absolute atomic E-state index is 0.0301. The number of aromatic hydroxyl groups is 1. The van der Waals surface area contributed by atoms with Crippen molar-refractivity contribution >= 4 is 10.8 Å². The first-order valence-corrected chi connectivity index (χ1v) is 8.30. The number of nitrogens with zero attached hydrogens (tertiary/aromatic N) is 2. The van der Waals surface area contributed by atoms with Crippen molar-refractivity contribution in [2.24, 2.45) is 0 Å². The van der Waals surface area contributed by atoms with Gasteiger partial charge in [-0.2, -0.15) is 18.3 Å². The van der Waals surface area contributed by atoms with Crippen LogP contribution in [-0.2, 0) is 6.18 Å². The number of hydrogen-bond acceptors (Lipinski definition) is 2. The Bertz CT molecular complexity index is 1150. The van der Waals surface area contributed by atoms with Crippen LogP contribution < -0.4 is 0 Å². The average molecular weight is 368 g/mol. The van der Waals surface area contributed by atoms with Crippen molar-refractivity contribution in [3.05, 3.63) is 78.0 Å². The summed E-state index contributed by atoms with van der Waals surface area (Å²) in [6.45, 7) is 1.69. The maximum absolute atomic E-state index is 13.4. The van der Waals surface area contributed by atoms with Gasteiger partial charge in [0.05, 0.1) is 22.5 Å². The molecule has 3 aromatic carbocycles. The second-order valence-corrected chi connectivity index (χ2v) is 6.28. The Morgan fingerprint density at radius 3 is 2.41 bits per heavy atom. The summed E-state index contributed by atoms with van der Waals surface area (Å²) in [5, 5.41) is 16.5. The molecule has 0 bridgehead atoms. The van der Waals surface area contributed by atoms with E-state index in [9.17, 15) is 18.3 Å². The standard InChI is InChI=1S/C21H15F3N2O/c1-13-12-17(20-15-7-3-2-6-14(15)10-11-19(20)27)25-26(13)18-9-5-4-8-16(18)21(22,23)24/h2-12,27H,1H3. The first kappa shape index (κ1) is 17.1. The van der Waals surface area contributed by atoms with Gasteiger partial charge in [-0.1, -0.05) is 42.5 Å². The number of hydrogen-bond donors (Lipinski definition) is 1. The molecule has 0 amide bonds. The van der Waals surface area contributed by atoms with Crippen molar-refractivity contribution in [3.63, 3.8) is 0 Å². The first-order chi connectivity index (χ1) is 12.9. The van der Waals surface area contributed by atoms with Crippen LogP contribution in [0.25, 0.3) is 27.7 Å². The van der Waals surface area contributed by atoms with E-state index in [2.05, 4.69) is 5.10 Å². The van der Waals surface area contributed by atoms with Gasteiger partial charge in [0, 0.05) is 5.69 Å². The molecule has 27 heavy (non-hydrogen) atoms. The molecule has 0 spiro atoms. The lowest BCUT2D eigenvalue weighted by molar-refractivity contribution is -0.137. The monoisotopic (exact) mass is 368 g/mol. The Labute approximate surface area is 153 Å². The molecule has 136 valence electrons. The highest BCUT2D eigenvalue weighted by Gasteiger charge is 2.34. The van der Waals surface area contributed by atoms with E-state index in [1.54, 1.807) is 31.2 Å². The molecule has 0 saturated carbocycles. The van der Waals surface area contributed by atoms with Crippen LogP contribution in [0, 0.1) is 6.92 Å². The summed E-state index contributed by atoms with van der Waals surface area (Å²) in [4.78, 5) is 0. The van der Waals surface area contributed by atoms with Crippen molar-refractivity contribution in [2.75, 3.05) is 0 Å². The summed E-state index contributed by atoms with van der Waals surface area (Å²) in [6, 6.07) is 17.8. The number of rotatable bonds is 2. The maximum Gasteiger partial charge on any atom is 0.418 e. The number of aromatic nitrogens is 2. The van der Waals surface area contributed by atoms with Crippen molar-refractivity contribution in [1.82, 2.24) is 9.78 Å². The van der Waals surface area contributed by atoms with Crippen LogP contribution in [0.3, 0.4) is 0 Å². The highest BCUT2D eigenvalue weighted by atomic mass is 19.4. The van der Waals surface area contributed by atoms with E-state index in [0.29, 0.717) is 17.0 Å². The predicted molar refractivity (Wildman–Crippen MR) is 97.9 cm³/mol. The molecule has 3 nitrogen and oxygen atoms in total. The van der Waals surface area contributed by atoms with Crippen LogP contribution in [-0.4, -0.2) is 14.9 Å². The number of para-hydroxylation sites is 1. The van der Waals surface area contributed by atoms with Gasteiger partial charge in [0.2, 0.25) is 0 Å². The zero-order valence-electron chi connectivity index (χ0n) is 14.3. The fourth-order valence-electron chi connectivity index (χ4n) is 3.27. The molecule has 4 rings (SSSR count). The maximum atomic E-state index is 13.4. The molecule has 0 aliphatic carbocycles. The number of phenolic OH excluding ortho intramolecular Hbond substituents is 1. The van der Waals surface area contributed by atoms with Crippen molar-refractivity contribution in [2.45, 2.75) is 13.1 Å². The molecule has 0 aliphatic rings. The molecule has 6 heteroatoms. The molecular formula is C21H15F3N2O. The minimum Gasteiger partial charge on any atom is -0.507 e. The smallest absolute Gasteiger partial charge is 0.418 e. The number of aryl methyl sites for hydroxylation is 1. The Hall–Kier alpha value is -3.28. The summed E-state index contributed by atoms with van der Waals surface area (Å²) in [5.74, 6) is 0.0301. The van der Waals surface area contributed by atoms with Gasteiger partial charge in [-0.25, -0.2) is 4.68 Å². The van der Waals surface area contributed by atoms with Crippen LogP contribution >= 0.6 is 0 Å². The van der Waals surface area contributed by atoms with Crippen LogP contribution in [0.15, 0.2) is 66.7 Å². The normalized spacial score (nSPS) is 11.9. The number of phenols is 1. The molecule has 0 saturated heterocycles. The highest BCUT2D eigenvalue weighted by molar-refractivity contribution is 5.98. The Morgan fingerprint density at radius 2 is 1.63 bits per heavy atom. The van der Waals surface area contributed by atoms with Gasteiger partial charge in [0.25, 0.3) is 0 Å².